The van der Waals surface area contributed by atoms with Gasteiger partial charge in [-0.1, -0.05) is 26.7 Å². The van der Waals surface area contributed by atoms with E-state index in [0.29, 0.717) is 6.04 Å². The summed E-state index contributed by atoms with van der Waals surface area (Å²) in [7, 11) is 0. The number of hydrogen-bond acceptors (Lipinski definition) is 3. The molecule has 0 radical (unpaired) electrons. The zero-order chi connectivity index (χ0) is 9.94. The van der Waals surface area contributed by atoms with E-state index in [1.165, 1.54) is 12.8 Å². The fourth-order valence-corrected chi connectivity index (χ4v) is 1.23. The maximum Gasteiger partial charge on any atom is 0.0481 e. The minimum atomic E-state index is 0.428. The smallest absolute Gasteiger partial charge is 0.0481 e. The lowest BCUT2D eigenvalue weighted by molar-refractivity contribution is 0.123. The third-order valence-electron chi connectivity index (χ3n) is 2.10. The zero-order valence-electron chi connectivity index (χ0n) is 9.01. The number of unbranched alkanes of at least 4 members (excludes halogenated alkanes) is 1. The molecule has 0 fully saturated rings. The van der Waals surface area contributed by atoms with Crippen LogP contribution >= 0.6 is 0 Å². The molecule has 0 aliphatic rings. The van der Waals surface area contributed by atoms with Gasteiger partial charge >= 0.3 is 0 Å². The molecular formula is C10H24N2O. The summed E-state index contributed by atoms with van der Waals surface area (Å²) >= 11 is 0. The molecule has 0 aliphatic carbocycles. The lowest BCUT2D eigenvalue weighted by Gasteiger charge is -2.14. The van der Waals surface area contributed by atoms with Gasteiger partial charge < -0.3 is 4.74 Å². The zero-order valence-corrected chi connectivity index (χ0v) is 9.01. The minimum absolute atomic E-state index is 0.428. The van der Waals surface area contributed by atoms with Crippen LogP contribution in [0.5, 0.6) is 0 Å². The van der Waals surface area contributed by atoms with Crippen molar-refractivity contribution < 1.29 is 4.74 Å². The van der Waals surface area contributed by atoms with Crippen molar-refractivity contribution in [1.29, 1.82) is 0 Å². The molecule has 0 aromatic carbocycles. The largest absolute Gasteiger partial charge is 0.381 e. The summed E-state index contributed by atoms with van der Waals surface area (Å²) < 4.78 is 5.40. The summed E-state index contributed by atoms with van der Waals surface area (Å²) in [6, 6.07) is 0.428. The molecule has 1 unspecified atom stereocenters. The van der Waals surface area contributed by atoms with E-state index in [1.807, 2.05) is 0 Å². The Morgan fingerprint density at radius 1 is 1.15 bits per heavy atom. The molecule has 3 nitrogen and oxygen atoms in total. The first-order valence-electron chi connectivity index (χ1n) is 5.39. The van der Waals surface area contributed by atoms with Gasteiger partial charge in [0.15, 0.2) is 0 Å². The van der Waals surface area contributed by atoms with Crippen LogP contribution in [0.15, 0.2) is 0 Å². The molecule has 0 heterocycles. The third kappa shape index (κ3) is 8.22. The molecule has 0 amide bonds. The Morgan fingerprint density at radius 3 is 2.46 bits per heavy atom. The predicted octanol–water partition coefficient (Wildman–Crippen LogP) is 1.83. The summed E-state index contributed by atoms with van der Waals surface area (Å²) in [5.41, 5.74) is 2.83. The van der Waals surface area contributed by atoms with Gasteiger partial charge in [-0.2, -0.15) is 0 Å². The molecule has 0 rings (SSSR count). The van der Waals surface area contributed by atoms with Crippen LogP contribution in [0.2, 0.25) is 0 Å². The van der Waals surface area contributed by atoms with Gasteiger partial charge in [-0.25, -0.2) is 0 Å². The van der Waals surface area contributed by atoms with Crippen LogP contribution in [0.4, 0.5) is 0 Å². The maximum absolute atomic E-state index is 5.42. The second kappa shape index (κ2) is 9.96. The van der Waals surface area contributed by atoms with Gasteiger partial charge in [0.25, 0.3) is 0 Å². The first-order valence-corrected chi connectivity index (χ1v) is 5.39. The summed E-state index contributed by atoms with van der Waals surface area (Å²) in [6.45, 7) is 6.01. The molecule has 3 N–H and O–H groups in total. The second-order valence-electron chi connectivity index (χ2n) is 3.41. The molecule has 0 saturated heterocycles. The number of nitrogens with two attached hydrogens (primary N) is 1. The molecule has 0 bridgehead atoms. The van der Waals surface area contributed by atoms with Gasteiger partial charge in [0, 0.05) is 19.3 Å². The number of ether oxygens (including phenoxy) is 1. The molecule has 13 heavy (non-hydrogen) atoms. The molecule has 0 aromatic rings. The summed E-state index contributed by atoms with van der Waals surface area (Å²) in [5, 5.41) is 0. The third-order valence-corrected chi connectivity index (χ3v) is 2.10. The Bertz CT molecular complexity index is 98.9. The van der Waals surface area contributed by atoms with Crippen LogP contribution in [0.3, 0.4) is 0 Å². The molecule has 0 aromatic heterocycles. The Hall–Kier alpha value is -0.120. The second-order valence-corrected chi connectivity index (χ2v) is 3.41. The lowest BCUT2D eigenvalue weighted by atomic mass is 10.1. The van der Waals surface area contributed by atoms with E-state index in [-0.39, 0.29) is 0 Å². The average Bonchev–Trinajstić information content (AvgIpc) is 2.17. The quantitative estimate of drug-likeness (QED) is 0.330. The van der Waals surface area contributed by atoms with Gasteiger partial charge in [0.05, 0.1) is 0 Å². The van der Waals surface area contributed by atoms with E-state index in [0.717, 1.165) is 32.5 Å². The first kappa shape index (κ1) is 12.9. The molecule has 0 spiro atoms. The first-order chi connectivity index (χ1) is 6.35. The van der Waals surface area contributed by atoms with Crippen molar-refractivity contribution in [3.05, 3.63) is 0 Å². The van der Waals surface area contributed by atoms with Gasteiger partial charge in [0.1, 0.15) is 0 Å². The minimum Gasteiger partial charge on any atom is -0.381 e. The van der Waals surface area contributed by atoms with Crippen molar-refractivity contribution in [3.63, 3.8) is 0 Å². The van der Waals surface area contributed by atoms with Gasteiger partial charge in [-0.15, -0.1) is 0 Å². The number of hydrogen-bond donors (Lipinski definition) is 2. The Morgan fingerprint density at radius 2 is 1.92 bits per heavy atom. The standard InChI is InChI=1S/C10H24N2O/c1-3-5-6-10(12-11)7-9-13-8-4-2/h10,12H,3-9,11H2,1-2H3. The Kier molecular flexibility index (Phi) is 9.87. The molecule has 80 valence electrons. The van der Waals surface area contributed by atoms with Gasteiger partial charge in [0.2, 0.25) is 0 Å². The Labute approximate surface area is 82.0 Å². The van der Waals surface area contributed by atoms with Crippen LogP contribution in [-0.2, 0) is 4.74 Å². The van der Waals surface area contributed by atoms with Crippen LogP contribution < -0.4 is 11.3 Å². The SMILES string of the molecule is CCCCC(CCOCCC)NN. The molecule has 0 saturated carbocycles. The van der Waals surface area contributed by atoms with Crippen LogP contribution in [0.1, 0.15) is 46.0 Å². The maximum atomic E-state index is 5.42. The highest BCUT2D eigenvalue weighted by molar-refractivity contribution is 4.62. The lowest BCUT2D eigenvalue weighted by Crippen LogP contribution is -2.35. The molecule has 0 aliphatic heterocycles. The van der Waals surface area contributed by atoms with Crippen molar-refractivity contribution in [1.82, 2.24) is 5.43 Å². The van der Waals surface area contributed by atoms with Gasteiger partial charge in [-0.3, -0.25) is 11.3 Å². The van der Waals surface area contributed by atoms with E-state index in [9.17, 15) is 0 Å². The van der Waals surface area contributed by atoms with E-state index in [2.05, 4.69) is 19.3 Å². The number of rotatable bonds is 9. The van der Waals surface area contributed by atoms with Gasteiger partial charge in [-0.05, 0) is 19.3 Å². The van der Waals surface area contributed by atoms with Crippen LogP contribution in [-0.4, -0.2) is 19.3 Å². The molecule has 3 heteroatoms. The summed E-state index contributed by atoms with van der Waals surface area (Å²) in [4.78, 5) is 0. The van der Waals surface area contributed by atoms with E-state index in [4.69, 9.17) is 10.6 Å². The highest BCUT2D eigenvalue weighted by Gasteiger charge is 2.04. The predicted molar refractivity (Wildman–Crippen MR) is 56.4 cm³/mol. The normalized spacial score (nSPS) is 13.2. The summed E-state index contributed by atoms with van der Waals surface area (Å²) in [6.07, 6.45) is 5.74. The highest BCUT2D eigenvalue weighted by Crippen LogP contribution is 2.03. The molecule has 1 atom stereocenters. The monoisotopic (exact) mass is 188 g/mol. The van der Waals surface area contributed by atoms with Crippen molar-refractivity contribution in [2.24, 2.45) is 5.84 Å². The number of hydrazine groups is 1. The average molecular weight is 188 g/mol. The van der Waals surface area contributed by atoms with E-state index >= 15 is 0 Å². The fourth-order valence-electron chi connectivity index (χ4n) is 1.23. The topological polar surface area (TPSA) is 47.3 Å². The van der Waals surface area contributed by atoms with Crippen molar-refractivity contribution in [3.8, 4) is 0 Å². The Balaban J connectivity index is 3.25. The highest BCUT2D eigenvalue weighted by atomic mass is 16.5. The van der Waals surface area contributed by atoms with Crippen LogP contribution in [0, 0.1) is 0 Å². The molecular weight excluding hydrogens is 164 g/mol. The fraction of sp³-hybridized carbons (Fsp3) is 1.00. The van der Waals surface area contributed by atoms with E-state index in [1.54, 1.807) is 0 Å². The summed E-state index contributed by atoms with van der Waals surface area (Å²) in [5.74, 6) is 5.42. The van der Waals surface area contributed by atoms with Crippen molar-refractivity contribution >= 4 is 0 Å². The number of nitrogens with one attached hydrogen (secondary N) is 1. The van der Waals surface area contributed by atoms with E-state index < -0.39 is 0 Å². The van der Waals surface area contributed by atoms with Crippen LogP contribution in [0.25, 0.3) is 0 Å². The van der Waals surface area contributed by atoms with Crippen molar-refractivity contribution in [2.45, 2.75) is 52.0 Å². The van der Waals surface area contributed by atoms with Crippen molar-refractivity contribution in [2.75, 3.05) is 13.2 Å².